The molecule has 1 unspecified atom stereocenters. The summed E-state index contributed by atoms with van der Waals surface area (Å²) in [6.07, 6.45) is 1.11. The first-order chi connectivity index (χ1) is 11.1. The quantitative estimate of drug-likeness (QED) is 0.805. The lowest BCUT2D eigenvalue weighted by molar-refractivity contribution is 0.0802. The van der Waals surface area contributed by atoms with Crippen LogP contribution in [0.1, 0.15) is 34.6 Å². The van der Waals surface area contributed by atoms with Crippen molar-refractivity contribution in [2.24, 2.45) is 0 Å². The van der Waals surface area contributed by atoms with E-state index in [4.69, 9.17) is 0 Å². The van der Waals surface area contributed by atoms with Gasteiger partial charge in [-0.15, -0.1) is 0 Å². The lowest BCUT2D eigenvalue weighted by Crippen LogP contribution is -2.26. The molecule has 1 N–H and O–H groups in total. The van der Waals surface area contributed by atoms with Crippen molar-refractivity contribution in [1.82, 2.24) is 9.30 Å². The maximum atomic E-state index is 12.5. The molecule has 1 amide bonds. The van der Waals surface area contributed by atoms with Gasteiger partial charge in [0.05, 0.1) is 5.69 Å². The molecule has 0 aliphatic rings. The van der Waals surface area contributed by atoms with Crippen molar-refractivity contribution in [3.8, 4) is 0 Å². The van der Waals surface area contributed by atoms with Gasteiger partial charge in [-0.25, -0.2) is 0 Å². The zero-order valence-corrected chi connectivity index (χ0v) is 13.3. The van der Waals surface area contributed by atoms with Crippen LogP contribution >= 0.6 is 0 Å². The van der Waals surface area contributed by atoms with E-state index in [1.54, 1.807) is 18.0 Å². The van der Waals surface area contributed by atoms with Crippen LogP contribution < -0.4 is 0 Å². The molecule has 1 aromatic carbocycles. The van der Waals surface area contributed by atoms with Crippen molar-refractivity contribution in [3.05, 3.63) is 77.6 Å². The Morgan fingerprint density at radius 2 is 1.91 bits per heavy atom. The third-order valence-electron chi connectivity index (χ3n) is 4.13. The molecular formula is C19H20N2O2. The van der Waals surface area contributed by atoms with Crippen LogP contribution in [0.25, 0.3) is 5.52 Å². The monoisotopic (exact) mass is 308 g/mol. The predicted octanol–water partition coefficient (Wildman–Crippen LogP) is 3.11. The molecule has 1 atom stereocenters. The highest BCUT2D eigenvalue weighted by atomic mass is 16.3. The summed E-state index contributed by atoms with van der Waals surface area (Å²) in [6.45, 7) is 2.58. The van der Waals surface area contributed by atoms with Gasteiger partial charge in [-0.3, -0.25) is 4.79 Å². The minimum atomic E-state index is -0.786. The second kappa shape index (κ2) is 6.26. The molecule has 23 heavy (non-hydrogen) atoms. The third kappa shape index (κ3) is 2.85. The van der Waals surface area contributed by atoms with Gasteiger partial charge in [0.15, 0.2) is 0 Å². The van der Waals surface area contributed by atoms with E-state index in [1.165, 1.54) is 0 Å². The average Bonchev–Trinajstić information content (AvgIpc) is 3.08. The zero-order valence-electron chi connectivity index (χ0n) is 13.3. The standard InChI is InChI=1S/C19H20N2O2/c1-3-20(2)19(23)15-12-16-10-7-11-21(16)17(13-15)18(22)14-8-5-4-6-9-14/h4-13,18,22H,3H2,1-2H3. The van der Waals surface area contributed by atoms with Crippen LogP contribution in [-0.4, -0.2) is 33.9 Å². The Morgan fingerprint density at radius 3 is 2.61 bits per heavy atom. The number of nitrogens with zero attached hydrogens (tertiary/aromatic N) is 2. The molecule has 0 spiro atoms. The second-order valence-corrected chi connectivity index (χ2v) is 5.60. The highest BCUT2D eigenvalue weighted by molar-refractivity contribution is 5.95. The molecule has 2 aromatic heterocycles. The number of aliphatic hydroxyl groups is 1. The summed E-state index contributed by atoms with van der Waals surface area (Å²) in [7, 11) is 1.78. The Labute approximate surface area is 135 Å². The largest absolute Gasteiger partial charge is 0.382 e. The number of carbonyl (C=O) groups excluding carboxylic acids is 1. The number of hydrogen-bond acceptors (Lipinski definition) is 2. The summed E-state index contributed by atoms with van der Waals surface area (Å²) in [4.78, 5) is 14.1. The molecule has 0 aliphatic carbocycles. The molecule has 0 radical (unpaired) electrons. The third-order valence-corrected chi connectivity index (χ3v) is 4.13. The minimum Gasteiger partial charge on any atom is -0.382 e. The molecule has 0 fully saturated rings. The molecule has 2 heterocycles. The summed E-state index contributed by atoms with van der Waals surface area (Å²) in [5.74, 6) is -0.0438. The molecule has 0 aliphatic heterocycles. The lowest BCUT2D eigenvalue weighted by atomic mass is 10.0. The number of aromatic nitrogens is 1. The van der Waals surface area contributed by atoms with Crippen molar-refractivity contribution in [1.29, 1.82) is 0 Å². The van der Waals surface area contributed by atoms with E-state index in [0.29, 0.717) is 17.8 Å². The lowest BCUT2D eigenvalue weighted by Gasteiger charge is -2.18. The Morgan fingerprint density at radius 1 is 1.17 bits per heavy atom. The number of hydrogen-bond donors (Lipinski definition) is 1. The van der Waals surface area contributed by atoms with Gasteiger partial charge in [-0.2, -0.15) is 0 Å². The van der Waals surface area contributed by atoms with E-state index in [1.807, 2.05) is 66.1 Å². The van der Waals surface area contributed by atoms with Gasteiger partial charge in [0.1, 0.15) is 6.10 Å². The molecule has 0 saturated carbocycles. The van der Waals surface area contributed by atoms with Crippen molar-refractivity contribution < 1.29 is 9.90 Å². The van der Waals surface area contributed by atoms with Gasteiger partial charge in [0.25, 0.3) is 5.91 Å². The fraction of sp³-hybridized carbons (Fsp3) is 0.211. The fourth-order valence-corrected chi connectivity index (χ4v) is 2.68. The van der Waals surface area contributed by atoms with Gasteiger partial charge in [-0.05, 0) is 36.8 Å². The van der Waals surface area contributed by atoms with E-state index < -0.39 is 6.10 Å². The van der Waals surface area contributed by atoms with Crippen molar-refractivity contribution in [2.45, 2.75) is 13.0 Å². The van der Waals surface area contributed by atoms with Gasteiger partial charge in [0.2, 0.25) is 0 Å². The Kier molecular flexibility index (Phi) is 4.17. The van der Waals surface area contributed by atoms with Gasteiger partial charge in [-0.1, -0.05) is 30.3 Å². The minimum absolute atomic E-state index is 0.0438. The van der Waals surface area contributed by atoms with Crippen LogP contribution in [0, 0.1) is 0 Å². The number of rotatable bonds is 4. The average molecular weight is 308 g/mol. The fourth-order valence-electron chi connectivity index (χ4n) is 2.68. The van der Waals surface area contributed by atoms with Gasteiger partial charge < -0.3 is 14.4 Å². The molecule has 0 bridgehead atoms. The van der Waals surface area contributed by atoms with Crippen molar-refractivity contribution in [3.63, 3.8) is 0 Å². The first-order valence-electron chi connectivity index (χ1n) is 7.71. The Bertz CT molecular complexity index is 824. The molecule has 0 saturated heterocycles. The first kappa shape index (κ1) is 15.3. The highest BCUT2D eigenvalue weighted by Gasteiger charge is 2.18. The predicted molar refractivity (Wildman–Crippen MR) is 90.5 cm³/mol. The molecular weight excluding hydrogens is 288 g/mol. The van der Waals surface area contributed by atoms with Crippen LogP contribution in [0.2, 0.25) is 0 Å². The number of amides is 1. The number of carbonyl (C=O) groups is 1. The van der Waals surface area contributed by atoms with Crippen molar-refractivity contribution in [2.75, 3.05) is 13.6 Å². The summed E-state index contributed by atoms with van der Waals surface area (Å²) in [6, 6.07) is 16.9. The number of fused-ring (bicyclic) bond motifs is 1. The molecule has 118 valence electrons. The number of benzene rings is 1. The second-order valence-electron chi connectivity index (χ2n) is 5.60. The van der Waals surface area contributed by atoms with Crippen LogP contribution in [0.3, 0.4) is 0 Å². The zero-order chi connectivity index (χ0) is 16.4. The first-order valence-corrected chi connectivity index (χ1v) is 7.71. The molecule has 3 rings (SSSR count). The van der Waals surface area contributed by atoms with E-state index in [0.717, 1.165) is 11.1 Å². The molecule has 3 aromatic rings. The Hall–Kier alpha value is -2.59. The van der Waals surface area contributed by atoms with Gasteiger partial charge in [0, 0.05) is 30.9 Å². The van der Waals surface area contributed by atoms with E-state index in [-0.39, 0.29) is 5.91 Å². The number of aliphatic hydroxyl groups excluding tert-OH is 1. The Balaban J connectivity index is 2.12. The van der Waals surface area contributed by atoms with E-state index >= 15 is 0 Å². The maximum Gasteiger partial charge on any atom is 0.253 e. The van der Waals surface area contributed by atoms with Crippen LogP contribution in [0.4, 0.5) is 0 Å². The summed E-state index contributed by atoms with van der Waals surface area (Å²) >= 11 is 0. The number of pyridine rings is 1. The van der Waals surface area contributed by atoms with Crippen LogP contribution in [0.15, 0.2) is 60.8 Å². The SMILES string of the molecule is CCN(C)C(=O)c1cc(C(O)c2ccccc2)n2cccc2c1. The smallest absolute Gasteiger partial charge is 0.253 e. The van der Waals surface area contributed by atoms with Crippen LogP contribution in [-0.2, 0) is 0 Å². The maximum absolute atomic E-state index is 12.5. The summed E-state index contributed by atoms with van der Waals surface area (Å²) in [5.41, 5.74) is 2.97. The van der Waals surface area contributed by atoms with Crippen molar-refractivity contribution >= 4 is 11.4 Å². The normalized spacial score (nSPS) is 12.3. The topological polar surface area (TPSA) is 45.0 Å². The molecule has 4 heteroatoms. The van der Waals surface area contributed by atoms with Crippen LogP contribution in [0.5, 0.6) is 0 Å². The van der Waals surface area contributed by atoms with E-state index in [9.17, 15) is 9.90 Å². The summed E-state index contributed by atoms with van der Waals surface area (Å²) in [5, 5.41) is 10.8. The van der Waals surface area contributed by atoms with Gasteiger partial charge >= 0.3 is 0 Å². The summed E-state index contributed by atoms with van der Waals surface area (Å²) < 4.78 is 1.92. The van der Waals surface area contributed by atoms with E-state index in [2.05, 4.69) is 0 Å². The highest BCUT2D eigenvalue weighted by Crippen LogP contribution is 2.25. The molecule has 4 nitrogen and oxygen atoms in total.